The molecule has 5 heteroatoms. The lowest BCUT2D eigenvalue weighted by Crippen LogP contribution is -1.99. The summed E-state index contributed by atoms with van der Waals surface area (Å²) in [7, 11) is -1.63. The molecule has 0 bridgehead atoms. The van der Waals surface area contributed by atoms with Crippen molar-refractivity contribution < 1.29 is 18.3 Å². The smallest absolute Gasteiger partial charge is 0.335 e. The van der Waals surface area contributed by atoms with Crippen LogP contribution in [-0.4, -0.2) is 13.7 Å². The highest BCUT2D eigenvalue weighted by atomic mass is 31.2. The van der Waals surface area contributed by atoms with Crippen molar-refractivity contribution in [1.82, 2.24) is 0 Å². The summed E-state index contributed by atoms with van der Waals surface area (Å²) in [5.41, 5.74) is 2.04. The van der Waals surface area contributed by atoms with Gasteiger partial charge in [0.1, 0.15) is 5.75 Å². The van der Waals surface area contributed by atoms with Crippen LogP contribution in [0.5, 0.6) is 5.75 Å². The molecule has 1 heterocycles. The van der Waals surface area contributed by atoms with Gasteiger partial charge in [-0.1, -0.05) is 63.3 Å². The molecule has 4 nitrogen and oxygen atoms in total. The first-order valence-corrected chi connectivity index (χ1v) is 11.4. The maximum atomic E-state index is 12.7. The molecule has 26 heavy (non-hydrogen) atoms. The summed E-state index contributed by atoms with van der Waals surface area (Å²) < 4.78 is 29.5. The Kier molecular flexibility index (Phi) is 6.74. The van der Waals surface area contributed by atoms with Crippen LogP contribution >= 0.6 is 7.60 Å². The van der Waals surface area contributed by atoms with Crippen LogP contribution in [0.4, 0.5) is 0 Å². The van der Waals surface area contributed by atoms with Crippen LogP contribution in [0, 0.1) is 0 Å². The fraction of sp³-hybridized carbons (Fsp3) is 0.524. The highest BCUT2D eigenvalue weighted by Crippen LogP contribution is 2.54. The molecule has 0 aromatic heterocycles. The molecule has 0 spiro atoms. The van der Waals surface area contributed by atoms with Crippen molar-refractivity contribution in [2.45, 2.75) is 58.2 Å². The summed E-state index contributed by atoms with van der Waals surface area (Å²) in [5, 5.41) is 2.17. The van der Waals surface area contributed by atoms with Gasteiger partial charge in [0.2, 0.25) is 0 Å². The second kappa shape index (κ2) is 9.03. The van der Waals surface area contributed by atoms with E-state index < -0.39 is 7.60 Å². The minimum absolute atomic E-state index is 0.300. The van der Waals surface area contributed by atoms with Gasteiger partial charge >= 0.3 is 7.60 Å². The van der Waals surface area contributed by atoms with E-state index in [1.807, 2.05) is 24.3 Å². The zero-order valence-corrected chi connectivity index (χ0v) is 16.7. The molecule has 2 aromatic rings. The minimum atomic E-state index is -3.08. The normalized spacial score (nSPS) is 19.5. The lowest BCUT2D eigenvalue weighted by atomic mass is 9.99. The topological polar surface area (TPSA) is 44.8 Å². The fourth-order valence-electron chi connectivity index (χ4n) is 3.52. The van der Waals surface area contributed by atoms with Crippen molar-refractivity contribution in [3.05, 3.63) is 41.5 Å². The molecule has 1 atom stereocenters. The molecule has 0 saturated carbocycles. The zero-order chi connectivity index (χ0) is 18.4. The number of unbranched alkanes of at least 4 members (excludes halogenated alkanes) is 5. The SMILES string of the molecule is CCCCCCCCOc1ccc2c3c(cccc13)COP(=O)(OC)C2. The molecular formula is C21H29O4P. The van der Waals surface area contributed by atoms with Crippen LogP contribution in [-0.2, 0) is 26.4 Å². The Morgan fingerprint density at radius 2 is 1.85 bits per heavy atom. The van der Waals surface area contributed by atoms with Crippen molar-refractivity contribution >= 4 is 18.4 Å². The van der Waals surface area contributed by atoms with Gasteiger partial charge in [0.05, 0.1) is 19.4 Å². The molecule has 0 N–H and O–H groups in total. The number of hydrogen-bond donors (Lipinski definition) is 0. The monoisotopic (exact) mass is 376 g/mol. The van der Waals surface area contributed by atoms with Gasteiger partial charge in [0.25, 0.3) is 0 Å². The Morgan fingerprint density at radius 3 is 2.65 bits per heavy atom. The standard InChI is InChI=1S/C21H29O4P/c1-3-4-5-6-7-8-14-24-20-13-12-18-16-26(22,23-2)25-15-17-10-9-11-19(20)21(17)18/h9-13H,3-8,14-16H2,1-2H3. The molecule has 0 radical (unpaired) electrons. The van der Waals surface area contributed by atoms with E-state index in [9.17, 15) is 4.57 Å². The fourth-order valence-corrected chi connectivity index (χ4v) is 4.86. The Morgan fingerprint density at radius 1 is 1.04 bits per heavy atom. The van der Waals surface area contributed by atoms with Crippen molar-refractivity contribution in [3.63, 3.8) is 0 Å². The summed E-state index contributed by atoms with van der Waals surface area (Å²) in [4.78, 5) is 0. The summed E-state index contributed by atoms with van der Waals surface area (Å²) in [5.74, 6) is 0.897. The van der Waals surface area contributed by atoms with Crippen molar-refractivity contribution in [1.29, 1.82) is 0 Å². The van der Waals surface area contributed by atoms with Crippen LogP contribution in [0.3, 0.4) is 0 Å². The molecule has 1 aliphatic rings. The summed E-state index contributed by atoms with van der Waals surface area (Å²) in [6.07, 6.45) is 7.79. The number of rotatable bonds is 9. The van der Waals surface area contributed by atoms with Crippen LogP contribution in [0.25, 0.3) is 10.8 Å². The van der Waals surface area contributed by atoms with Gasteiger partial charge in [-0.2, -0.15) is 0 Å². The maximum Gasteiger partial charge on any atom is 0.335 e. The average Bonchev–Trinajstić information content (AvgIpc) is 2.81. The van der Waals surface area contributed by atoms with Crippen LogP contribution in [0.15, 0.2) is 30.3 Å². The summed E-state index contributed by atoms with van der Waals surface area (Å²) in [6.45, 7) is 3.27. The third-order valence-electron chi connectivity index (χ3n) is 4.99. The van der Waals surface area contributed by atoms with E-state index in [1.54, 1.807) is 0 Å². The molecule has 2 aromatic carbocycles. The van der Waals surface area contributed by atoms with Crippen molar-refractivity contribution in [3.8, 4) is 5.75 Å². The number of hydrogen-bond acceptors (Lipinski definition) is 4. The van der Waals surface area contributed by atoms with E-state index in [2.05, 4.69) is 13.0 Å². The third-order valence-corrected chi connectivity index (χ3v) is 6.79. The van der Waals surface area contributed by atoms with Crippen molar-refractivity contribution in [2.75, 3.05) is 13.7 Å². The zero-order valence-electron chi connectivity index (χ0n) is 15.8. The lowest BCUT2D eigenvalue weighted by Gasteiger charge is -2.14. The van der Waals surface area contributed by atoms with Gasteiger partial charge in [-0.05, 0) is 29.0 Å². The van der Waals surface area contributed by atoms with Crippen LogP contribution in [0.2, 0.25) is 0 Å². The summed E-state index contributed by atoms with van der Waals surface area (Å²) in [6, 6.07) is 10.1. The first-order chi connectivity index (χ1) is 12.7. The van der Waals surface area contributed by atoms with Gasteiger partial charge in [-0.15, -0.1) is 0 Å². The lowest BCUT2D eigenvalue weighted by molar-refractivity contribution is 0.227. The molecule has 0 amide bonds. The molecule has 1 aliphatic heterocycles. The Labute approximate surface area is 156 Å². The highest BCUT2D eigenvalue weighted by molar-refractivity contribution is 7.53. The van der Waals surface area contributed by atoms with Crippen LogP contribution < -0.4 is 4.74 Å². The Bertz CT molecular complexity index is 787. The molecular weight excluding hydrogens is 347 g/mol. The highest BCUT2D eigenvalue weighted by Gasteiger charge is 2.29. The molecule has 0 aliphatic carbocycles. The van der Waals surface area contributed by atoms with Gasteiger partial charge in [0.15, 0.2) is 0 Å². The Hall–Kier alpha value is -1.35. The van der Waals surface area contributed by atoms with E-state index >= 15 is 0 Å². The third kappa shape index (κ3) is 4.49. The number of ether oxygens (including phenoxy) is 1. The molecule has 3 rings (SSSR count). The molecule has 0 fully saturated rings. The second-order valence-electron chi connectivity index (χ2n) is 6.90. The van der Waals surface area contributed by atoms with Gasteiger partial charge in [-0.25, -0.2) is 0 Å². The summed E-state index contributed by atoms with van der Waals surface area (Å²) >= 11 is 0. The molecule has 1 unspecified atom stereocenters. The van der Waals surface area contributed by atoms with E-state index in [-0.39, 0.29) is 0 Å². The molecule has 0 saturated heterocycles. The predicted molar refractivity (Wildman–Crippen MR) is 106 cm³/mol. The molecule has 142 valence electrons. The average molecular weight is 376 g/mol. The Balaban J connectivity index is 1.74. The first kappa shape index (κ1) is 19.4. The minimum Gasteiger partial charge on any atom is -0.493 e. The van der Waals surface area contributed by atoms with E-state index in [0.29, 0.717) is 12.8 Å². The van der Waals surface area contributed by atoms with Crippen LogP contribution in [0.1, 0.15) is 56.6 Å². The van der Waals surface area contributed by atoms with Gasteiger partial charge in [-0.3, -0.25) is 4.57 Å². The maximum absolute atomic E-state index is 12.7. The van der Waals surface area contributed by atoms with Crippen molar-refractivity contribution in [2.24, 2.45) is 0 Å². The number of benzene rings is 2. The quantitative estimate of drug-likeness (QED) is 0.373. The predicted octanol–water partition coefficient (Wildman–Crippen LogP) is 6.45. The van der Waals surface area contributed by atoms with Gasteiger partial charge < -0.3 is 13.8 Å². The van der Waals surface area contributed by atoms with Gasteiger partial charge in [0, 0.05) is 12.5 Å². The first-order valence-electron chi connectivity index (χ1n) is 9.62. The van der Waals surface area contributed by atoms with E-state index in [0.717, 1.165) is 40.7 Å². The largest absolute Gasteiger partial charge is 0.493 e. The van der Waals surface area contributed by atoms with E-state index in [1.165, 1.54) is 39.2 Å². The second-order valence-corrected chi connectivity index (χ2v) is 9.07. The van der Waals surface area contributed by atoms with E-state index in [4.69, 9.17) is 13.8 Å².